The van der Waals surface area contributed by atoms with Crippen LogP contribution >= 0.6 is 0 Å². The van der Waals surface area contributed by atoms with E-state index in [1.54, 1.807) is 12.1 Å². The number of rotatable bonds is 10. The van der Waals surface area contributed by atoms with Gasteiger partial charge in [-0.25, -0.2) is 0 Å². The van der Waals surface area contributed by atoms with E-state index in [9.17, 15) is 13.2 Å². The number of hydrogen-bond donors (Lipinski definition) is 3. The summed E-state index contributed by atoms with van der Waals surface area (Å²) in [6, 6.07) is 7.24. The minimum absolute atomic E-state index is 0.135. The Bertz CT molecular complexity index is 1030. The molecule has 1 aromatic carbocycles. The smallest absolute Gasteiger partial charge is 0.266 e. The number of carbonyl (C=O) groups is 1. The average Bonchev–Trinajstić information content (AvgIpc) is 3.39. The first-order valence-electron chi connectivity index (χ1n) is 9.81. The van der Waals surface area contributed by atoms with Crippen LogP contribution in [0.2, 0.25) is 0 Å². The van der Waals surface area contributed by atoms with E-state index >= 15 is 0 Å². The molecule has 2 aliphatic carbocycles. The normalized spacial score (nSPS) is 16.2. The van der Waals surface area contributed by atoms with Gasteiger partial charge in [0.1, 0.15) is 0 Å². The number of allylic oxidation sites excluding steroid dienone is 7. The summed E-state index contributed by atoms with van der Waals surface area (Å²) in [4.78, 5) is 12.1. The molecule has 0 fully saturated rings. The van der Waals surface area contributed by atoms with Gasteiger partial charge in [0, 0.05) is 35.8 Å². The zero-order chi connectivity index (χ0) is 21.6. The summed E-state index contributed by atoms with van der Waals surface area (Å²) in [7, 11) is -4.09. The minimum atomic E-state index is -4.09. The van der Waals surface area contributed by atoms with E-state index in [0.717, 1.165) is 36.2 Å². The van der Waals surface area contributed by atoms with Gasteiger partial charge in [-0.2, -0.15) is 8.42 Å². The lowest BCUT2D eigenvalue weighted by atomic mass is 9.88. The topological polar surface area (TPSA) is 95.5 Å². The Hall–Kier alpha value is -2.90. The van der Waals surface area contributed by atoms with Crippen molar-refractivity contribution in [3.8, 4) is 0 Å². The second-order valence-corrected chi connectivity index (χ2v) is 8.92. The van der Waals surface area contributed by atoms with Crippen molar-refractivity contribution in [2.45, 2.75) is 19.3 Å². The van der Waals surface area contributed by atoms with Crippen molar-refractivity contribution < 1.29 is 17.8 Å². The molecule has 6 nitrogen and oxygen atoms in total. The minimum Gasteiger partial charge on any atom is -0.362 e. The zero-order valence-corrected chi connectivity index (χ0v) is 17.5. The van der Waals surface area contributed by atoms with Crippen LogP contribution in [0.1, 0.15) is 28.8 Å². The van der Waals surface area contributed by atoms with Crippen molar-refractivity contribution >= 4 is 16.0 Å². The van der Waals surface area contributed by atoms with Crippen LogP contribution in [0.4, 0.5) is 0 Å². The Labute approximate surface area is 177 Å². The Balaban J connectivity index is 1.63. The second-order valence-electron chi connectivity index (χ2n) is 7.34. The number of hydrogen-bond acceptors (Lipinski definition) is 4. The second kappa shape index (κ2) is 9.73. The number of carbonyl (C=O) groups excluding carboxylic acids is 1. The number of amides is 1. The van der Waals surface area contributed by atoms with Gasteiger partial charge in [-0.1, -0.05) is 54.7 Å². The molecule has 0 saturated heterocycles. The third kappa shape index (κ3) is 6.30. The molecule has 1 aromatic rings. The highest BCUT2D eigenvalue weighted by Crippen LogP contribution is 2.29. The molecule has 7 heteroatoms. The quantitative estimate of drug-likeness (QED) is 0.499. The van der Waals surface area contributed by atoms with Crippen molar-refractivity contribution in [3.05, 3.63) is 95.4 Å². The van der Waals surface area contributed by atoms with Crippen LogP contribution in [0, 0.1) is 5.92 Å². The van der Waals surface area contributed by atoms with Gasteiger partial charge in [-0.15, -0.1) is 0 Å². The lowest BCUT2D eigenvalue weighted by molar-refractivity contribution is 0.0956. The van der Waals surface area contributed by atoms with Crippen molar-refractivity contribution in [1.82, 2.24) is 10.6 Å². The fourth-order valence-electron chi connectivity index (χ4n) is 3.46. The molecule has 3 rings (SSSR count). The van der Waals surface area contributed by atoms with Crippen molar-refractivity contribution in [2.24, 2.45) is 5.92 Å². The molecule has 0 aromatic heterocycles. The predicted octanol–water partition coefficient (Wildman–Crippen LogP) is 3.30. The highest BCUT2D eigenvalue weighted by Gasteiger charge is 2.20. The standard InChI is InChI=1S/C23H26N2O4S/c1-17(25-21-8-4-5-9-21)22(19-6-2-3-7-19)16-18-10-12-20(13-11-18)23(26)24-14-15-30(27,28)29/h2-6,8,10-13,22,25H,1,7,9,14-16H2,(H,24,26)(H,27,28,29). The van der Waals surface area contributed by atoms with Gasteiger partial charge in [0.25, 0.3) is 16.0 Å². The van der Waals surface area contributed by atoms with Crippen molar-refractivity contribution in [1.29, 1.82) is 0 Å². The molecule has 158 valence electrons. The summed E-state index contributed by atoms with van der Waals surface area (Å²) in [5.41, 5.74) is 4.89. The van der Waals surface area contributed by atoms with E-state index in [-0.39, 0.29) is 18.4 Å². The van der Waals surface area contributed by atoms with Crippen LogP contribution in [0.25, 0.3) is 0 Å². The van der Waals surface area contributed by atoms with E-state index < -0.39 is 15.9 Å². The van der Waals surface area contributed by atoms with Crippen LogP contribution in [0.15, 0.2) is 84.3 Å². The molecule has 2 aliphatic rings. The van der Waals surface area contributed by atoms with E-state index in [4.69, 9.17) is 4.55 Å². The maximum absolute atomic E-state index is 12.1. The molecular weight excluding hydrogens is 400 g/mol. The summed E-state index contributed by atoms with van der Waals surface area (Å²) in [6.45, 7) is 4.14. The predicted molar refractivity (Wildman–Crippen MR) is 118 cm³/mol. The van der Waals surface area contributed by atoms with Crippen LogP contribution in [-0.2, 0) is 16.5 Å². The molecule has 3 N–H and O–H groups in total. The van der Waals surface area contributed by atoms with Crippen LogP contribution < -0.4 is 10.6 Å². The Morgan fingerprint density at radius 1 is 1.10 bits per heavy atom. The monoisotopic (exact) mass is 426 g/mol. The molecule has 0 aliphatic heterocycles. The Morgan fingerprint density at radius 2 is 1.80 bits per heavy atom. The molecule has 0 radical (unpaired) electrons. The van der Waals surface area contributed by atoms with Gasteiger partial charge in [0.2, 0.25) is 0 Å². The third-order valence-electron chi connectivity index (χ3n) is 5.06. The first-order valence-corrected chi connectivity index (χ1v) is 11.4. The van der Waals surface area contributed by atoms with Crippen LogP contribution in [0.3, 0.4) is 0 Å². The molecule has 1 unspecified atom stereocenters. The van der Waals surface area contributed by atoms with Gasteiger partial charge in [-0.05, 0) is 36.6 Å². The fraction of sp³-hybridized carbons (Fsp3) is 0.261. The summed E-state index contributed by atoms with van der Waals surface area (Å²) >= 11 is 0. The van der Waals surface area contributed by atoms with E-state index in [0.29, 0.717) is 5.56 Å². The van der Waals surface area contributed by atoms with E-state index in [1.165, 1.54) is 5.57 Å². The number of nitrogens with one attached hydrogen (secondary N) is 2. The molecule has 0 bridgehead atoms. The maximum Gasteiger partial charge on any atom is 0.266 e. The molecule has 0 heterocycles. The highest BCUT2D eigenvalue weighted by molar-refractivity contribution is 7.85. The van der Waals surface area contributed by atoms with Crippen LogP contribution in [-0.4, -0.2) is 31.2 Å². The maximum atomic E-state index is 12.1. The summed E-state index contributed by atoms with van der Waals surface area (Å²) in [6.07, 6.45) is 15.0. The van der Waals surface area contributed by atoms with Gasteiger partial charge >= 0.3 is 0 Å². The first-order chi connectivity index (χ1) is 14.3. The van der Waals surface area contributed by atoms with Gasteiger partial charge in [0.05, 0.1) is 5.75 Å². The Morgan fingerprint density at radius 3 is 2.40 bits per heavy atom. The van der Waals surface area contributed by atoms with Crippen molar-refractivity contribution in [3.63, 3.8) is 0 Å². The molecule has 0 spiro atoms. The lowest BCUT2D eigenvalue weighted by Gasteiger charge is -2.23. The molecule has 1 atom stereocenters. The van der Waals surface area contributed by atoms with E-state index in [1.807, 2.05) is 18.2 Å². The number of benzene rings is 1. The van der Waals surface area contributed by atoms with Gasteiger partial charge < -0.3 is 10.6 Å². The van der Waals surface area contributed by atoms with E-state index in [2.05, 4.69) is 47.6 Å². The lowest BCUT2D eigenvalue weighted by Crippen LogP contribution is -2.28. The largest absolute Gasteiger partial charge is 0.362 e. The average molecular weight is 427 g/mol. The molecular formula is C23H26N2O4S. The van der Waals surface area contributed by atoms with Gasteiger partial charge in [0.15, 0.2) is 0 Å². The molecule has 30 heavy (non-hydrogen) atoms. The summed E-state index contributed by atoms with van der Waals surface area (Å²) in [5.74, 6) is -0.755. The third-order valence-corrected chi connectivity index (χ3v) is 5.78. The fourth-order valence-corrected chi connectivity index (χ4v) is 3.82. The SMILES string of the molecule is C=C(NC1=CC=CC1)C(Cc1ccc(C(=O)NCCS(=O)(=O)O)cc1)C1=CC=CC1. The summed E-state index contributed by atoms with van der Waals surface area (Å²) < 4.78 is 30.2. The summed E-state index contributed by atoms with van der Waals surface area (Å²) in [5, 5.41) is 5.93. The zero-order valence-electron chi connectivity index (χ0n) is 16.7. The van der Waals surface area contributed by atoms with Gasteiger partial charge in [-0.3, -0.25) is 9.35 Å². The molecule has 1 amide bonds. The van der Waals surface area contributed by atoms with Crippen LogP contribution in [0.5, 0.6) is 0 Å². The van der Waals surface area contributed by atoms with Crippen molar-refractivity contribution in [2.75, 3.05) is 12.3 Å². The highest BCUT2D eigenvalue weighted by atomic mass is 32.2. The Kier molecular flexibility index (Phi) is 7.07. The first kappa shape index (κ1) is 21.8. The molecule has 0 saturated carbocycles.